The molecule has 1 N–H and O–H groups in total. The zero-order chi connectivity index (χ0) is 12.0. The summed E-state index contributed by atoms with van der Waals surface area (Å²) >= 11 is 0. The summed E-state index contributed by atoms with van der Waals surface area (Å²) in [6.07, 6.45) is 0.443. The number of nitrogens with one attached hydrogen (secondary N) is 1. The van der Waals surface area contributed by atoms with Crippen LogP contribution in [0.5, 0.6) is 0 Å². The monoisotopic (exact) mass is 215 g/mol. The molecule has 0 rings (SSSR count). The molecule has 0 aliphatic heterocycles. The van der Waals surface area contributed by atoms with Gasteiger partial charge in [0.15, 0.2) is 0 Å². The van der Waals surface area contributed by atoms with Gasteiger partial charge in [-0.1, -0.05) is 20.8 Å². The molecular formula is C11H21NO3. The third kappa shape index (κ3) is 5.40. The first-order valence-corrected chi connectivity index (χ1v) is 5.25. The van der Waals surface area contributed by atoms with Crippen molar-refractivity contribution in [3.63, 3.8) is 0 Å². The second-order valence-corrected chi connectivity index (χ2v) is 4.24. The van der Waals surface area contributed by atoms with Crippen molar-refractivity contribution in [3.8, 4) is 0 Å². The molecule has 0 bridgehead atoms. The van der Waals surface area contributed by atoms with Crippen molar-refractivity contribution in [3.05, 3.63) is 0 Å². The summed E-state index contributed by atoms with van der Waals surface area (Å²) in [5, 5.41) is 2.60. The number of rotatable bonds is 5. The Morgan fingerprint density at radius 3 is 2.13 bits per heavy atom. The van der Waals surface area contributed by atoms with Crippen molar-refractivity contribution in [2.45, 2.75) is 40.2 Å². The molecule has 15 heavy (non-hydrogen) atoms. The van der Waals surface area contributed by atoms with Crippen LogP contribution >= 0.6 is 0 Å². The van der Waals surface area contributed by atoms with Crippen LogP contribution in [0.1, 0.15) is 34.1 Å². The van der Waals surface area contributed by atoms with E-state index in [4.69, 9.17) is 0 Å². The second-order valence-electron chi connectivity index (χ2n) is 4.24. The smallest absolute Gasteiger partial charge is 0.328 e. The van der Waals surface area contributed by atoms with Gasteiger partial charge >= 0.3 is 5.97 Å². The SMILES string of the molecule is COC(=O)[C@H](C)NC(=O)C[C@H](C)C(C)C. The standard InChI is InChI=1S/C11H21NO3/c1-7(2)8(3)6-10(13)12-9(4)11(14)15-5/h7-9H,6H2,1-5H3,(H,12,13)/t8-,9-/m0/s1. The molecule has 2 atom stereocenters. The lowest BCUT2D eigenvalue weighted by Crippen LogP contribution is -2.39. The molecule has 88 valence electrons. The number of hydrogen-bond donors (Lipinski definition) is 1. The van der Waals surface area contributed by atoms with Gasteiger partial charge in [0.1, 0.15) is 6.04 Å². The highest BCUT2D eigenvalue weighted by Gasteiger charge is 2.18. The van der Waals surface area contributed by atoms with Crippen molar-refractivity contribution >= 4 is 11.9 Å². The zero-order valence-electron chi connectivity index (χ0n) is 10.2. The van der Waals surface area contributed by atoms with Crippen molar-refractivity contribution in [2.24, 2.45) is 11.8 Å². The highest BCUT2D eigenvalue weighted by atomic mass is 16.5. The van der Waals surface area contributed by atoms with Gasteiger partial charge < -0.3 is 10.1 Å². The van der Waals surface area contributed by atoms with E-state index >= 15 is 0 Å². The molecule has 0 unspecified atom stereocenters. The lowest BCUT2D eigenvalue weighted by Gasteiger charge is -2.16. The number of amides is 1. The van der Waals surface area contributed by atoms with E-state index in [9.17, 15) is 9.59 Å². The van der Waals surface area contributed by atoms with E-state index in [-0.39, 0.29) is 5.91 Å². The number of ether oxygens (including phenoxy) is 1. The first-order chi connectivity index (χ1) is 6.88. The molecule has 0 aromatic rings. The predicted octanol–water partition coefficient (Wildman–Crippen LogP) is 1.35. The summed E-state index contributed by atoms with van der Waals surface area (Å²) in [5.41, 5.74) is 0. The van der Waals surface area contributed by atoms with Gasteiger partial charge in [-0.05, 0) is 18.8 Å². The number of methoxy groups -OCH3 is 1. The summed E-state index contributed by atoms with van der Waals surface area (Å²) in [6.45, 7) is 7.78. The summed E-state index contributed by atoms with van der Waals surface area (Å²) in [7, 11) is 1.31. The average molecular weight is 215 g/mol. The molecule has 0 aromatic carbocycles. The van der Waals surface area contributed by atoms with E-state index < -0.39 is 12.0 Å². The molecule has 0 heterocycles. The van der Waals surface area contributed by atoms with Gasteiger partial charge in [0, 0.05) is 6.42 Å². The van der Waals surface area contributed by atoms with Crippen LogP contribution in [0.3, 0.4) is 0 Å². The second kappa shape index (κ2) is 6.43. The summed E-state index contributed by atoms with van der Waals surface area (Å²) < 4.78 is 4.51. The van der Waals surface area contributed by atoms with Crippen LogP contribution in [0, 0.1) is 11.8 Å². The normalized spacial score (nSPS) is 14.5. The molecule has 0 aliphatic rings. The van der Waals surface area contributed by atoms with Crippen LogP contribution in [0.4, 0.5) is 0 Å². The molecule has 0 spiro atoms. The number of carbonyl (C=O) groups excluding carboxylic acids is 2. The lowest BCUT2D eigenvalue weighted by atomic mass is 9.94. The first kappa shape index (κ1) is 13.9. The van der Waals surface area contributed by atoms with Gasteiger partial charge in [-0.15, -0.1) is 0 Å². The topological polar surface area (TPSA) is 55.4 Å². The Balaban J connectivity index is 3.98. The van der Waals surface area contributed by atoms with Gasteiger partial charge in [0.25, 0.3) is 0 Å². The minimum atomic E-state index is -0.568. The molecule has 0 aromatic heterocycles. The molecule has 0 radical (unpaired) electrons. The Bertz CT molecular complexity index is 226. The van der Waals surface area contributed by atoms with Gasteiger partial charge in [0.2, 0.25) is 5.91 Å². The summed E-state index contributed by atoms with van der Waals surface area (Å²) in [5.74, 6) is 0.258. The number of carbonyl (C=O) groups is 2. The molecule has 4 heteroatoms. The van der Waals surface area contributed by atoms with Crippen molar-refractivity contribution < 1.29 is 14.3 Å². The van der Waals surface area contributed by atoms with Crippen LogP contribution in [-0.2, 0) is 14.3 Å². The number of hydrogen-bond acceptors (Lipinski definition) is 3. The Labute approximate surface area is 91.4 Å². The molecule has 1 amide bonds. The van der Waals surface area contributed by atoms with Crippen LogP contribution < -0.4 is 5.32 Å². The van der Waals surface area contributed by atoms with E-state index in [1.54, 1.807) is 6.92 Å². The highest BCUT2D eigenvalue weighted by molar-refractivity contribution is 5.84. The minimum absolute atomic E-state index is 0.103. The molecule has 4 nitrogen and oxygen atoms in total. The molecule has 0 fully saturated rings. The fraction of sp³-hybridized carbons (Fsp3) is 0.818. The highest BCUT2D eigenvalue weighted by Crippen LogP contribution is 2.13. The fourth-order valence-electron chi connectivity index (χ4n) is 1.06. The molecule has 0 saturated heterocycles. The Morgan fingerprint density at radius 2 is 1.73 bits per heavy atom. The van der Waals surface area contributed by atoms with Crippen LogP contribution in [0.2, 0.25) is 0 Å². The van der Waals surface area contributed by atoms with E-state index in [0.29, 0.717) is 18.3 Å². The Morgan fingerprint density at radius 1 is 1.20 bits per heavy atom. The van der Waals surface area contributed by atoms with Crippen LogP contribution in [0.15, 0.2) is 0 Å². The van der Waals surface area contributed by atoms with E-state index in [2.05, 4.69) is 23.9 Å². The predicted molar refractivity (Wildman–Crippen MR) is 58.2 cm³/mol. The van der Waals surface area contributed by atoms with Gasteiger partial charge in [-0.3, -0.25) is 4.79 Å². The first-order valence-electron chi connectivity index (χ1n) is 5.25. The molecular weight excluding hydrogens is 194 g/mol. The molecule has 0 saturated carbocycles. The van der Waals surface area contributed by atoms with Gasteiger partial charge in [-0.2, -0.15) is 0 Å². The summed E-state index contributed by atoms with van der Waals surface area (Å²) in [6, 6.07) is -0.568. The average Bonchev–Trinajstić information content (AvgIpc) is 2.15. The van der Waals surface area contributed by atoms with Crippen molar-refractivity contribution in [2.75, 3.05) is 7.11 Å². The van der Waals surface area contributed by atoms with E-state index in [1.165, 1.54) is 7.11 Å². The summed E-state index contributed by atoms with van der Waals surface area (Å²) in [4.78, 5) is 22.5. The maximum Gasteiger partial charge on any atom is 0.328 e. The van der Waals surface area contributed by atoms with Gasteiger partial charge in [-0.25, -0.2) is 4.79 Å². The van der Waals surface area contributed by atoms with E-state index in [1.807, 2.05) is 6.92 Å². The van der Waals surface area contributed by atoms with E-state index in [0.717, 1.165) is 0 Å². The Kier molecular flexibility index (Phi) is 5.97. The van der Waals surface area contributed by atoms with Gasteiger partial charge in [0.05, 0.1) is 7.11 Å². The zero-order valence-corrected chi connectivity index (χ0v) is 10.2. The third-order valence-corrected chi connectivity index (χ3v) is 2.58. The number of esters is 1. The lowest BCUT2D eigenvalue weighted by molar-refractivity contribution is -0.144. The van der Waals surface area contributed by atoms with Crippen LogP contribution in [-0.4, -0.2) is 25.0 Å². The quantitative estimate of drug-likeness (QED) is 0.704. The fourth-order valence-corrected chi connectivity index (χ4v) is 1.06. The van der Waals surface area contributed by atoms with Crippen LogP contribution in [0.25, 0.3) is 0 Å². The maximum atomic E-state index is 11.5. The van der Waals surface area contributed by atoms with Crippen molar-refractivity contribution in [1.29, 1.82) is 0 Å². The maximum absolute atomic E-state index is 11.5. The largest absolute Gasteiger partial charge is 0.467 e. The Hall–Kier alpha value is -1.06. The third-order valence-electron chi connectivity index (χ3n) is 2.58. The minimum Gasteiger partial charge on any atom is -0.467 e. The molecule has 0 aliphatic carbocycles. The van der Waals surface area contributed by atoms with Crippen molar-refractivity contribution in [1.82, 2.24) is 5.32 Å².